The maximum atomic E-state index is 10.4. The van der Waals surface area contributed by atoms with Crippen molar-refractivity contribution in [1.82, 2.24) is 0 Å². The minimum absolute atomic E-state index is 0. The van der Waals surface area contributed by atoms with Gasteiger partial charge < -0.3 is 14.6 Å². The summed E-state index contributed by atoms with van der Waals surface area (Å²) in [6.45, 7) is 6.09. The van der Waals surface area contributed by atoms with Gasteiger partial charge in [0.15, 0.2) is 0 Å². The minimum atomic E-state index is -0.913. The molecule has 0 heterocycles. The van der Waals surface area contributed by atoms with Gasteiger partial charge in [0.2, 0.25) is 0 Å². The molecular formula is C30H49NaO3. The summed E-state index contributed by atoms with van der Waals surface area (Å²) >= 11 is 0. The Kier molecular flexibility index (Phi) is 23.4. The number of rotatable bonds is 23. The number of hydrogen-bond acceptors (Lipinski definition) is 3. The van der Waals surface area contributed by atoms with Gasteiger partial charge in [0.1, 0.15) is 5.75 Å². The molecule has 1 atom stereocenters. The number of carbonyl (C=O) groups excluding carboxylic acids is 1. The molecule has 1 aromatic carbocycles. The summed E-state index contributed by atoms with van der Waals surface area (Å²) in [5.41, 5.74) is 1.13. The Bertz CT molecular complexity index is 600. The maximum Gasteiger partial charge on any atom is 1.00 e. The molecule has 0 amide bonds. The summed E-state index contributed by atoms with van der Waals surface area (Å²) in [7, 11) is 0. The largest absolute Gasteiger partial charge is 1.00 e. The Hall–Kier alpha value is -0.770. The zero-order valence-corrected chi connectivity index (χ0v) is 24.3. The van der Waals surface area contributed by atoms with E-state index in [0.29, 0.717) is 6.10 Å². The fourth-order valence-corrected chi connectivity index (χ4v) is 4.35. The van der Waals surface area contributed by atoms with Crippen LogP contribution in [0.2, 0.25) is 0 Å². The average molecular weight is 481 g/mol. The van der Waals surface area contributed by atoms with Crippen molar-refractivity contribution < 1.29 is 44.2 Å². The third kappa shape index (κ3) is 19.5. The molecule has 0 N–H and O–H groups in total. The molecule has 0 bridgehead atoms. The molecule has 1 rings (SSSR count). The standard InChI is InChI=1S/C30H50O3.Na/c1-3-5-6-17-20-28(33-29-25-23-27(4-2)24-26-29)21-18-15-13-11-9-7-8-10-12-14-16-19-22-30(31)32;/h4,23-26,28H,2-3,5-22H2,1H3,(H,31,32);/q;+1/p-1. The SMILES string of the molecule is C=Cc1ccc(OC(CCCCCC)CCCCCCCCCCCCCCC(=O)[O-])cc1.[Na+]. The molecule has 4 heteroatoms. The number of carboxylic acids is 1. The molecule has 34 heavy (non-hydrogen) atoms. The molecule has 0 aliphatic heterocycles. The predicted molar refractivity (Wildman–Crippen MR) is 139 cm³/mol. The van der Waals surface area contributed by atoms with E-state index in [9.17, 15) is 9.90 Å². The van der Waals surface area contributed by atoms with Crippen LogP contribution in [0.3, 0.4) is 0 Å². The minimum Gasteiger partial charge on any atom is -0.550 e. The van der Waals surface area contributed by atoms with Crippen LogP contribution in [0.5, 0.6) is 5.75 Å². The maximum absolute atomic E-state index is 10.4. The normalized spacial score (nSPS) is 11.6. The van der Waals surface area contributed by atoms with Crippen LogP contribution in [-0.4, -0.2) is 12.1 Å². The number of ether oxygens (including phenoxy) is 1. The summed E-state index contributed by atoms with van der Waals surface area (Å²) in [5, 5.41) is 10.4. The fraction of sp³-hybridized carbons (Fsp3) is 0.700. The van der Waals surface area contributed by atoms with Crippen molar-refractivity contribution in [3.05, 3.63) is 36.4 Å². The molecule has 0 aliphatic rings. The summed E-state index contributed by atoms with van der Waals surface area (Å²) in [5.74, 6) is 0.0727. The zero-order chi connectivity index (χ0) is 24.0. The van der Waals surface area contributed by atoms with E-state index in [1.165, 1.54) is 83.5 Å². The number of benzene rings is 1. The van der Waals surface area contributed by atoms with Crippen LogP contribution >= 0.6 is 0 Å². The molecule has 0 fully saturated rings. The first-order chi connectivity index (χ1) is 16.2. The van der Waals surface area contributed by atoms with E-state index in [0.717, 1.165) is 43.4 Å². The van der Waals surface area contributed by atoms with Crippen LogP contribution in [0.25, 0.3) is 6.08 Å². The van der Waals surface area contributed by atoms with Crippen molar-refractivity contribution in [2.75, 3.05) is 0 Å². The Morgan fingerprint density at radius 3 is 1.68 bits per heavy atom. The van der Waals surface area contributed by atoms with E-state index >= 15 is 0 Å². The van der Waals surface area contributed by atoms with Gasteiger partial charge in [-0.2, -0.15) is 0 Å². The van der Waals surface area contributed by atoms with Gasteiger partial charge in [0.05, 0.1) is 6.10 Å². The van der Waals surface area contributed by atoms with Crippen LogP contribution < -0.4 is 39.4 Å². The molecule has 0 aromatic heterocycles. The number of aliphatic carboxylic acids is 1. The monoisotopic (exact) mass is 480 g/mol. The summed E-state index contributed by atoms with van der Waals surface area (Å²) in [6, 6.07) is 8.30. The van der Waals surface area contributed by atoms with E-state index < -0.39 is 5.97 Å². The molecule has 1 aromatic rings. The van der Waals surface area contributed by atoms with Gasteiger partial charge in [-0.1, -0.05) is 115 Å². The smallest absolute Gasteiger partial charge is 0.550 e. The van der Waals surface area contributed by atoms with Crippen molar-refractivity contribution in [3.63, 3.8) is 0 Å². The van der Waals surface area contributed by atoms with Crippen molar-refractivity contribution in [2.45, 2.75) is 135 Å². The predicted octanol–water partition coefficient (Wildman–Crippen LogP) is 5.26. The van der Waals surface area contributed by atoms with Crippen molar-refractivity contribution >= 4 is 12.0 Å². The molecule has 1 unspecified atom stereocenters. The second-order valence-corrected chi connectivity index (χ2v) is 9.52. The van der Waals surface area contributed by atoms with Crippen LogP contribution in [0.15, 0.2) is 30.8 Å². The first-order valence-corrected chi connectivity index (χ1v) is 13.7. The van der Waals surface area contributed by atoms with Crippen LogP contribution in [0, 0.1) is 0 Å². The molecule has 0 radical (unpaired) electrons. The fourth-order valence-electron chi connectivity index (χ4n) is 4.35. The Labute approximate surface area is 232 Å². The Morgan fingerprint density at radius 2 is 1.24 bits per heavy atom. The molecular weight excluding hydrogens is 431 g/mol. The third-order valence-electron chi connectivity index (χ3n) is 6.46. The van der Waals surface area contributed by atoms with E-state index in [4.69, 9.17) is 4.74 Å². The van der Waals surface area contributed by atoms with E-state index in [2.05, 4.69) is 37.8 Å². The quantitative estimate of drug-likeness (QED) is 0.159. The molecule has 0 aliphatic carbocycles. The number of hydrogen-bond donors (Lipinski definition) is 0. The number of carbonyl (C=O) groups is 1. The van der Waals surface area contributed by atoms with Crippen molar-refractivity contribution in [1.29, 1.82) is 0 Å². The topological polar surface area (TPSA) is 49.4 Å². The van der Waals surface area contributed by atoms with Gasteiger partial charge in [0.25, 0.3) is 0 Å². The molecule has 188 valence electrons. The molecule has 0 spiro atoms. The Balaban J connectivity index is 0.0000109. The summed E-state index contributed by atoms with van der Waals surface area (Å²) < 4.78 is 6.35. The molecule has 0 saturated carbocycles. The van der Waals surface area contributed by atoms with E-state index in [1.807, 2.05) is 6.08 Å². The van der Waals surface area contributed by atoms with E-state index in [1.54, 1.807) is 0 Å². The average Bonchev–Trinajstić information content (AvgIpc) is 2.82. The van der Waals surface area contributed by atoms with Gasteiger partial charge in [-0.05, 0) is 56.2 Å². The zero-order valence-electron chi connectivity index (χ0n) is 22.3. The summed E-state index contributed by atoms with van der Waals surface area (Å²) in [6.07, 6.45) is 24.6. The summed E-state index contributed by atoms with van der Waals surface area (Å²) in [4.78, 5) is 10.4. The first kappa shape index (κ1) is 33.2. The van der Waals surface area contributed by atoms with Gasteiger partial charge in [-0.15, -0.1) is 0 Å². The first-order valence-electron chi connectivity index (χ1n) is 13.7. The van der Waals surface area contributed by atoms with Crippen molar-refractivity contribution in [2.24, 2.45) is 0 Å². The van der Waals surface area contributed by atoms with Gasteiger partial charge in [-0.3, -0.25) is 0 Å². The van der Waals surface area contributed by atoms with Crippen LogP contribution in [0.1, 0.15) is 134 Å². The number of unbranched alkanes of at least 4 members (excludes halogenated alkanes) is 14. The second kappa shape index (κ2) is 23.9. The number of carboxylic acid groups (broad SMARTS) is 1. The Morgan fingerprint density at radius 1 is 0.794 bits per heavy atom. The van der Waals surface area contributed by atoms with Crippen molar-refractivity contribution in [3.8, 4) is 5.75 Å². The van der Waals surface area contributed by atoms with Crippen LogP contribution in [-0.2, 0) is 4.79 Å². The third-order valence-corrected chi connectivity index (χ3v) is 6.46. The second-order valence-electron chi connectivity index (χ2n) is 9.52. The van der Waals surface area contributed by atoms with E-state index in [-0.39, 0.29) is 36.0 Å². The van der Waals surface area contributed by atoms with Gasteiger partial charge in [-0.25, -0.2) is 0 Å². The van der Waals surface area contributed by atoms with Gasteiger partial charge in [0, 0.05) is 5.97 Å². The van der Waals surface area contributed by atoms with Gasteiger partial charge >= 0.3 is 29.6 Å². The molecule has 0 saturated heterocycles. The van der Waals surface area contributed by atoms with Crippen LogP contribution in [0.4, 0.5) is 0 Å². The molecule has 3 nitrogen and oxygen atoms in total.